The van der Waals surface area contributed by atoms with Gasteiger partial charge in [-0.15, -0.1) is 0 Å². The van der Waals surface area contributed by atoms with Crippen LogP contribution in [0.25, 0.3) is 0 Å². The summed E-state index contributed by atoms with van der Waals surface area (Å²) in [5.74, 6) is 0. The predicted molar refractivity (Wildman–Crippen MR) is 47.6 cm³/mol. The van der Waals surface area contributed by atoms with Gasteiger partial charge < -0.3 is 10.6 Å². The molecule has 11 heavy (non-hydrogen) atoms. The minimum atomic E-state index is -0.380. The Bertz CT molecular complexity index is 145. The van der Waals surface area contributed by atoms with E-state index in [-0.39, 0.29) is 11.6 Å². The predicted octanol–water partition coefficient (Wildman–Crippen LogP) is 1.52. The van der Waals surface area contributed by atoms with Crippen LogP contribution in [0.3, 0.4) is 0 Å². The highest BCUT2D eigenvalue weighted by atomic mass is 16.6. The molecule has 0 aromatic rings. The lowest BCUT2D eigenvalue weighted by Crippen LogP contribution is -2.40. The lowest BCUT2D eigenvalue weighted by Gasteiger charge is -2.17. The summed E-state index contributed by atoms with van der Waals surface area (Å²) < 4.78 is 0. The molecular weight excluding hydrogens is 140 g/mol. The lowest BCUT2D eigenvalue weighted by molar-refractivity contribution is 0.0844. The summed E-state index contributed by atoms with van der Waals surface area (Å²) >= 11 is 0. The molecule has 0 aromatic heterocycles. The van der Waals surface area contributed by atoms with Crippen molar-refractivity contribution in [3.05, 3.63) is 0 Å². The van der Waals surface area contributed by atoms with E-state index in [0.29, 0.717) is 0 Å². The van der Waals surface area contributed by atoms with Gasteiger partial charge in [0, 0.05) is 0 Å². The molecule has 2 N–H and O–H groups in total. The topological polar surface area (TPSA) is 47.6 Å². The number of hydrogen-bond acceptors (Lipinski definition) is 3. The van der Waals surface area contributed by atoms with Crippen LogP contribution in [-0.4, -0.2) is 17.4 Å². The standard InChI is InChI=1S/C8H18N2O/c1-6(2)11-10-7(3)8(4,5)9/h6H,9H2,1-5H3/b10-7-. The van der Waals surface area contributed by atoms with Gasteiger partial charge in [0.2, 0.25) is 0 Å². The van der Waals surface area contributed by atoms with Gasteiger partial charge in [0.1, 0.15) is 6.10 Å². The summed E-state index contributed by atoms with van der Waals surface area (Å²) in [5.41, 5.74) is 6.19. The van der Waals surface area contributed by atoms with Crippen LogP contribution in [0.15, 0.2) is 5.16 Å². The molecule has 0 saturated carbocycles. The van der Waals surface area contributed by atoms with Crippen LogP contribution >= 0.6 is 0 Å². The smallest absolute Gasteiger partial charge is 0.122 e. The van der Waals surface area contributed by atoms with Crippen molar-refractivity contribution in [2.75, 3.05) is 0 Å². The molecule has 0 unspecified atom stereocenters. The Morgan fingerprint density at radius 2 is 1.91 bits per heavy atom. The van der Waals surface area contributed by atoms with Gasteiger partial charge in [-0.3, -0.25) is 0 Å². The van der Waals surface area contributed by atoms with E-state index in [4.69, 9.17) is 10.6 Å². The van der Waals surface area contributed by atoms with Gasteiger partial charge in [0.25, 0.3) is 0 Å². The fourth-order valence-electron chi connectivity index (χ4n) is 0.302. The van der Waals surface area contributed by atoms with Crippen LogP contribution in [0.1, 0.15) is 34.6 Å². The molecule has 3 heteroatoms. The van der Waals surface area contributed by atoms with Crippen LogP contribution in [-0.2, 0) is 4.84 Å². The van der Waals surface area contributed by atoms with Crippen LogP contribution in [0.2, 0.25) is 0 Å². The van der Waals surface area contributed by atoms with Crippen LogP contribution in [0, 0.1) is 0 Å². The van der Waals surface area contributed by atoms with Gasteiger partial charge in [-0.2, -0.15) is 0 Å². The third-order valence-electron chi connectivity index (χ3n) is 1.33. The Morgan fingerprint density at radius 1 is 1.45 bits per heavy atom. The molecule has 0 bridgehead atoms. The van der Waals surface area contributed by atoms with Crippen LogP contribution in [0.4, 0.5) is 0 Å². The molecule has 0 spiro atoms. The van der Waals surface area contributed by atoms with E-state index < -0.39 is 0 Å². The Kier molecular flexibility index (Phi) is 3.52. The van der Waals surface area contributed by atoms with E-state index in [1.165, 1.54) is 0 Å². The molecule has 0 radical (unpaired) electrons. The summed E-state index contributed by atoms with van der Waals surface area (Å²) in [6, 6.07) is 0. The average Bonchev–Trinajstić information content (AvgIpc) is 1.80. The van der Waals surface area contributed by atoms with Crippen LogP contribution in [0.5, 0.6) is 0 Å². The number of oxime groups is 1. The van der Waals surface area contributed by atoms with E-state index in [9.17, 15) is 0 Å². The SMILES string of the molecule is C/C(=N/OC(C)C)C(C)(C)N. The molecule has 0 aliphatic heterocycles. The highest BCUT2D eigenvalue weighted by Crippen LogP contribution is 2.01. The quantitative estimate of drug-likeness (QED) is 0.500. The third-order valence-corrected chi connectivity index (χ3v) is 1.33. The lowest BCUT2D eigenvalue weighted by atomic mass is 10.0. The van der Waals surface area contributed by atoms with Crippen molar-refractivity contribution in [3.8, 4) is 0 Å². The Hall–Kier alpha value is -0.570. The van der Waals surface area contributed by atoms with Gasteiger partial charge in [0.05, 0.1) is 11.3 Å². The highest BCUT2D eigenvalue weighted by Gasteiger charge is 2.15. The Labute approximate surface area is 68.6 Å². The molecule has 66 valence electrons. The molecule has 0 heterocycles. The maximum atomic E-state index is 5.75. The average molecular weight is 158 g/mol. The number of hydrogen-bond donors (Lipinski definition) is 1. The van der Waals surface area contributed by atoms with Crippen molar-refractivity contribution in [2.45, 2.75) is 46.3 Å². The number of nitrogens with zero attached hydrogens (tertiary/aromatic N) is 1. The minimum absolute atomic E-state index is 0.118. The van der Waals surface area contributed by atoms with Crippen molar-refractivity contribution < 1.29 is 4.84 Å². The second kappa shape index (κ2) is 3.72. The van der Waals surface area contributed by atoms with Gasteiger partial charge >= 0.3 is 0 Å². The molecule has 0 rings (SSSR count). The fourth-order valence-corrected chi connectivity index (χ4v) is 0.302. The van der Waals surface area contributed by atoms with E-state index in [1.807, 2.05) is 34.6 Å². The zero-order valence-corrected chi connectivity index (χ0v) is 8.01. The molecule has 0 amide bonds. The van der Waals surface area contributed by atoms with Gasteiger partial charge in [-0.1, -0.05) is 5.16 Å². The van der Waals surface area contributed by atoms with Gasteiger partial charge in [0.15, 0.2) is 0 Å². The molecule has 0 saturated heterocycles. The normalized spacial score (nSPS) is 13.9. The summed E-state index contributed by atoms with van der Waals surface area (Å²) in [6.45, 7) is 9.52. The van der Waals surface area contributed by atoms with Crippen molar-refractivity contribution in [1.29, 1.82) is 0 Å². The second-order valence-corrected chi connectivity index (χ2v) is 3.55. The van der Waals surface area contributed by atoms with Crippen molar-refractivity contribution >= 4 is 5.71 Å². The Morgan fingerprint density at radius 3 is 2.18 bits per heavy atom. The molecule has 0 aromatic carbocycles. The van der Waals surface area contributed by atoms with E-state index in [2.05, 4.69) is 5.16 Å². The largest absolute Gasteiger partial charge is 0.393 e. The zero-order valence-electron chi connectivity index (χ0n) is 8.01. The van der Waals surface area contributed by atoms with E-state index in [1.54, 1.807) is 0 Å². The molecular formula is C8H18N2O. The molecule has 0 atom stereocenters. The first kappa shape index (κ1) is 10.4. The third kappa shape index (κ3) is 4.79. The first-order chi connectivity index (χ1) is 4.84. The monoisotopic (exact) mass is 158 g/mol. The van der Waals surface area contributed by atoms with E-state index in [0.717, 1.165) is 5.71 Å². The first-order valence-electron chi connectivity index (χ1n) is 3.84. The summed E-state index contributed by atoms with van der Waals surface area (Å²) in [5, 5.41) is 3.89. The summed E-state index contributed by atoms with van der Waals surface area (Å²) in [6.07, 6.45) is 0.118. The maximum absolute atomic E-state index is 5.75. The second-order valence-electron chi connectivity index (χ2n) is 3.55. The molecule has 0 aliphatic carbocycles. The molecule has 3 nitrogen and oxygen atoms in total. The molecule has 0 fully saturated rings. The van der Waals surface area contributed by atoms with Crippen molar-refractivity contribution in [1.82, 2.24) is 0 Å². The van der Waals surface area contributed by atoms with Crippen molar-refractivity contribution in [3.63, 3.8) is 0 Å². The van der Waals surface area contributed by atoms with E-state index >= 15 is 0 Å². The zero-order chi connectivity index (χ0) is 9.07. The van der Waals surface area contributed by atoms with Crippen molar-refractivity contribution in [2.24, 2.45) is 10.9 Å². The van der Waals surface area contributed by atoms with Gasteiger partial charge in [-0.05, 0) is 34.6 Å². The maximum Gasteiger partial charge on any atom is 0.122 e. The first-order valence-corrected chi connectivity index (χ1v) is 3.84. The van der Waals surface area contributed by atoms with Crippen LogP contribution < -0.4 is 5.73 Å². The minimum Gasteiger partial charge on any atom is -0.393 e. The molecule has 0 aliphatic rings. The Balaban J connectivity index is 4.02. The highest BCUT2D eigenvalue weighted by molar-refractivity contribution is 5.89. The fraction of sp³-hybridized carbons (Fsp3) is 0.875. The summed E-state index contributed by atoms with van der Waals surface area (Å²) in [7, 11) is 0. The summed E-state index contributed by atoms with van der Waals surface area (Å²) in [4.78, 5) is 5.04. The number of rotatable bonds is 3. The van der Waals surface area contributed by atoms with Gasteiger partial charge in [-0.25, -0.2) is 0 Å². The number of nitrogens with two attached hydrogens (primary N) is 1.